The number of hydrogen-bond acceptors (Lipinski definition) is 5. The molecule has 2 unspecified atom stereocenters. The lowest BCUT2D eigenvalue weighted by Crippen LogP contribution is -2.41. The van der Waals surface area contributed by atoms with Crippen molar-refractivity contribution in [2.24, 2.45) is 0 Å². The third-order valence-corrected chi connectivity index (χ3v) is 3.74. The van der Waals surface area contributed by atoms with Crippen molar-refractivity contribution in [2.45, 2.75) is 46.1 Å². The van der Waals surface area contributed by atoms with Crippen LogP contribution in [0.15, 0.2) is 12.3 Å². The van der Waals surface area contributed by atoms with Crippen LogP contribution in [0.5, 0.6) is 0 Å². The largest absolute Gasteiger partial charge is 0.354 e. The molecule has 0 aliphatic rings. The minimum absolute atomic E-state index is 0.0597. The van der Waals surface area contributed by atoms with Gasteiger partial charge < -0.3 is 14.8 Å². The van der Waals surface area contributed by atoms with E-state index in [2.05, 4.69) is 29.2 Å². The van der Waals surface area contributed by atoms with Gasteiger partial charge in [-0.3, -0.25) is 0 Å². The molecular weight excluding hydrogens is 268 g/mol. The van der Waals surface area contributed by atoms with Gasteiger partial charge in [-0.15, -0.1) is 0 Å². The van der Waals surface area contributed by atoms with Crippen molar-refractivity contribution in [1.29, 1.82) is 0 Å². The van der Waals surface area contributed by atoms with E-state index in [1.807, 2.05) is 30.6 Å². The molecule has 0 aromatic carbocycles. The van der Waals surface area contributed by atoms with Gasteiger partial charge in [-0.1, -0.05) is 0 Å². The maximum Gasteiger partial charge on any atom is 0.171 e. The van der Waals surface area contributed by atoms with Crippen molar-refractivity contribution < 1.29 is 9.47 Å². The summed E-state index contributed by atoms with van der Waals surface area (Å²) >= 11 is 0. The Labute approximate surface area is 125 Å². The highest BCUT2D eigenvalue weighted by molar-refractivity contribution is 5.42. The predicted octanol–water partition coefficient (Wildman–Crippen LogP) is 2.00. The first-order valence-electron chi connectivity index (χ1n) is 7.11. The average molecular weight is 292 g/mol. The molecule has 2 aromatic heterocycles. The van der Waals surface area contributed by atoms with Crippen molar-refractivity contribution >= 4 is 5.65 Å². The number of ether oxygens (including phenoxy) is 2. The van der Waals surface area contributed by atoms with E-state index in [1.54, 1.807) is 14.2 Å². The fraction of sp³-hybridized carbons (Fsp3) is 0.600. The maximum atomic E-state index is 5.28. The van der Waals surface area contributed by atoms with E-state index in [9.17, 15) is 0 Å². The summed E-state index contributed by atoms with van der Waals surface area (Å²) in [7, 11) is 3.28. The summed E-state index contributed by atoms with van der Waals surface area (Å²) in [5, 5.41) is 7.96. The molecule has 116 valence electrons. The molecule has 0 bridgehead atoms. The fourth-order valence-electron chi connectivity index (χ4n) is 2.67. The highest BCUT2D eigenvalue weighted by Gasteiger charge is 2.20. The van der Waals surface area contributed by atoms with Gasteiger partial charge >= 0.3 is 0 Å². The zero-order valence-corrected chi connectivity index (χ0v) is 13.5. The molecule has 0 aliphatic heterocycles. The maximum absolute atomic E-state index is 5.28. The summed E-state index contributed by atoms with van der Waals surface area (Å²) < 4.78 is 12.5. The molecule has 0 spiro atoms. The lowest BCUT2D eigenvalue weighted by Gasteiger charge is -2.26. The van der Waals surface area contributed by atoms with Gasteiger partial charge in [-0.05, 0) is 27.7 Å². The van der Waals surface area contributed by atoms with Gasteiger partial charge in [-0.25, -0.2) is 9.50 Å². The Hall–Kier alpha value is -1.50. The summed E-state index contributed by atoms with van der Waals surface area (Å²) in [6.45, 7) is 8.17. The van der Waals surface area contributed by atoms with Crippen LogP contribution in [0, 0.1) is 13.8 Å². The van der Waals surface area contributed by atoms with Crippen LogP contribution in [0.25, 0.3) is 5.65 Å². The zero-order valence-electron chi connectivity index (χ0n) is 13.5. The van der Waals surface area contributed by atoms with Crippen molar-refractivity contribution in [3.8, 4) is 0 Å². The Morgan fingerprint density at radius 2 is 1.86 bits per heavy atom. The van der Waals surface area contributed by atoms with Gasteiger partial charge in [-0.2, -0.15) is 5.10 Å². The molecule has 0 radical (unpaired) electrons. The van der Waals surface area contributed by atoms with Crippen LogP contribution in [-0.4, -0.2) is 41.1 Å². The normalized spacial score (nSPS) is 14.8. The molecule has 0 fully saturated rings. The quantitative estimate of drug-likeness (QED) is 0.825. The molecule has 2 aromatic rings. The average Bonchev–Trinajstić information content (AvgIpc) is 2.82. The second-order valence-electron chi connectivity index (χ2n) is 5.37. The van der Waals surface area contributed by atoms with Gasteiger partial charge in [0.15, 0.2) is 11.9 Å². The van der Waals surface area contributed by atoms with Crippen LogP contribution in [0.4, 0.5) is 0 Å². The van der Waals surface area contributed by atoms with Crippen molar-refractivity contribution in [1.82, 2.24) is 19.9 Å². The van der Waals surface area contributed by atoms with Crippen LogP contribution in [-0.2, 0) is 9.47 Å². The van der Waals surface area contributed by atoms with Gasteiger partial charge in [0.05, 0.1) is 11.7 Å². The standard InChI is InChI=1S/C15H24N4O2/c1-9-7-14-16-8-13(12(4)19(14)18-9)10(2)17-11(3)15(20-5)21-6/h7-8,10-11,15,17H,1-6H3. The molecule has 21 heavy (non-hydrogen) atoms. The monoisotopic (exact) mass is 292 g/mol. The Morgan fingerprint density at radius 1 is 1.19 bits per heavy atom. The molecule has 0 saturated heterocycles. The molecule has 6 heteroatoms. The Balaban J connectivity index is 2.23. The van der Waals surface area contributed by atoms with Gasteiger partial charge in [0.1, 0.15) is 0 Å². The lowest BCUT2D eigenvalue weighted by atomic mass is 10.1. The van der Waals surface area contributed by atoms with Crippen molar-refractivity contribution in [3.05, 3.63) is 29.2 Å². The van der Waals surface area contributed by atoms with E-state index in [0.29, 0.717) is 0 Å². The van der Waals surface area contributed by atoms with Crippen LogP contribution in [0.3, 0.4) is 0 Å². The molecule has 2 atom stereocenters. The number of fused-ring (bicyclic) bond motifs is 1. The van der Waals surface area contributed by atoms with E-state index in [4.69, 9.17) is 9.47 Å². The first-order chi connectivity index (χ1) is 9.97. The molecule has 0 saturated carbocycles. The number of nitrogens with one attached hydrogen (secondary N) is 1. The van der Waals surface area contributed by atoms with Crippen LogP contribution < -0.4 is 5.32 Å². The van der Waals surface area contributed by atoms with Gasteiger partial charge in [0.2, 0.25) is 0 Å². The van der Waals surface area contributed by atoms with Crippen molar-refractivity contribution in [2.75, 3.05) is 14.2 Å². The summed E-state index contributed by atoms with van der Waals surface area (Å²) in [6.07, 6.45) is 1.63. The first kappa shape index (κ1) is 15.9. The number of rotatable bonds is 6. The molecule has 0 aliphatic carbocycles. The van der Waals surface area contributed by atoms with E-state index >= 15 is 0 Å². The lowest BCUT2D eigenvalue weighted by molar-refractivity contribution is -0.120. The molecule has 2 rings (SSSR count). The van der Waals surface area contributed by atoms with E-state index in [1.165, 1.54) is 0 Å². The predicted molar refractivity (Wildman–Crippen MR) is 81.3 cm³/mol. The summed E-state index contributed by atoms with van der Waals surface area (Å²) in [6, 6.07) is 2.15. The highest BCUT2D eigenvalue weighted by Crippen LogP contribution is 2.19. The molecule has 6 nitrogen and oxygen atoms in total. The third kappa shape index (κ3) is 3.23. The van der Waals surface area contributed by atoms with Crippen molar-refractivity contribution in [3.63, 3.8) is 0 Å². The second kappa shape index (κ2) is 6.51. The first-order valence-corrected chi connectivity index (χ1v) is 7.11. The van der Waals surface area contributed by atoms with Crippen LogP contribution in [0.1, 0.15) is 36.8 Å². The zero-order chi connectivity index (χ0) is 15.6. The minimum Gasteiger partial charge on any atom is -0.354 e. The van der Waals surface area contributed by atoms with E-state index in [0.717, 1.165) is 22.6 Å². The number of aromatic nitrogens is 3. The fourth-order valence-corrected chi connectivity index (χ4v) is 2.67. The highest BCUT2D eigenvalue weighted by atomic mass is 16.7. The molecule has 0 amide bonds. The smallest absolute Gasteiger partial charge is 0.171 e. The van der Waals surface area contributed by atoms with Crippen LogP contribution in [0.2, 0.25) is 0 Å². The number of aryl methyl sites for hydroxylation is 2. The van der Waals surface area contributed by atoms with E-state index < -0.39 is 0 Å². The Morgan fingerprint density at radius 3 is 2.48 bits per heavy atom. The molecule has 2 heterocycles. The topological polar surface area (TPSA) is 60.7 Å². The third-order valence-electron chi connectivity index (χ3n) is 3.74. The summed E-state index contributed by atoms with van der Waals surface area (Å²) in [5.41, 5.74) is 4.05. The molecular formula is C15H24N4O2. The molecule has 1 N–H and O–H groups in total. The SMILES string of the molecule is COC(OC)C(C)NC(C)c1cnc2cc(C)nn2c1C. The number of hydrogen-bond donors (Lipinski definition) is 1. The second-order valence-corrected chi connectivity index (χ2v) is 5.37. The minimum atomic E-state index is -0.281. The Bertz CT molecular complexity index is 607. The van der Waals surface area contributed by atoms with Gasteiger partial charge in [0.25, 0.3) is 0 Å². The van der Waals surface area contributed by atoms with Crippen LogP contribution >= 0.6 is 0 Å². The number of methoxy groups -OCH3 is 2. The number of nitrogens with zero attached hydrogens (tertiary/aromatic N) is 3. The summed E-state index contributed by atoms with van der Waals surface area (Å²) in [4.78, 5) is 4.47. The van der Waals surface area contributed by atoms with Gasteiger partial charge in [0, 0.05) is 43.8 Å². The summed E-state index contributed by atoms with van der Waals surface area (Å²) in [5.74, 6) is 0. The Kier molecular flexibility index (Phi) is 4.92. The van der Waals surface area contributed by atoms with E-state index in [-0.39, 0.29) is 18.4 Å².